The number of hydrogen-bond donors (Lipinski definition) is 2. The maximum absolute atomic E-state index is 12.7. The minimum atomic E-state index is -0.676. The topological polar surface area (TPSA) is 78.5 Å². The number of nitrogens with one attached hydrogen (secondary N) is 2. The van der Waals surface area contributed by atoms with Crippen molar-refractivity contribution >= 4 is 34.3 Å². The lowest BCUT2D eigenvalue weighted by Crippen LogP contribution is -2.34. The van der Waals surface area contributed by atoms with Gasteiger partial charge in [0.05, 0.1) is 5.69 Å². The molecule has 2 aromatic rings. The smallest absolute Gasteiger partial charge is 0.329 e. The van der Waals surface area contributed by atoms with Gasteiger partial charge >= 0.3 is 6.03 Å². The van der Waals surface area contributed by atoms with Crippen LogP contribution in [0.1, 0.15) is 26.7 Å². The highest BCUT2D eigenvalue weighted by Crippen LogP contribution is 2.29. The molecule has 1 saturated heterocycles. The van der Waals surface area contributed by atoms with Gasteiger partial charge < -0.3 is 10.6 Å². The van der Waals surface area contributed by atoms with Gasteiger partial charge in [-0.25, -0.2) is 9.69 Å². The van der Waals surface area contributed by atoms with Crippen LogP contribution < -0.4 is 15.5 Å². The van der Waals surface area contributed by atoms with Crippen LogP contribution in [0.4, 0.5) is 10.5 Å². The molecule has 6 heteroatoms. The molecule has 1 atom stereocenters. The first-order chi connectivity index (χ1) is 12.0. The Morgan fingerprint density at radius 3 is 2.64 bits per heavy atom. The Morgan fingerprint density at radius 2 is 1.88 bits per heavy atom. The number of urea groups is 1. The average Bonchev–Trinajstić information content (AvgIpc) is 2.86. The van der Waals surface area contributed by atoms with Crippen LogP contribution in [-0.4, -0.2) is 29.9 Å². The zero-order chi connectivity index (χ0) is 18.0. The highest BCUT2D eigenvalue weighted by molar-refractivity contribution is 6.24. The second-order valence-electron chi connectivity index (χ2n) is 6.43. The summed E-state index contributed by atoms with van der Waals surface area (Å²) >= 11 is 0. The van der Waals surface area contributed by atoms with Crippen LogP contribution in [0.25, 0.3) is 10.8 Å². The predicted molar refractivity (Wildman–Crippen MR) is 96.3 cm³/mol. The molecule has 0 spiro atoms. The van der Waals surface area contributed by atoms with E-state index in [-0.39, 0.29) is 30.7 Å². The third-order valence-electron chi connectivity index (χ3n) is 4.14. The van der Waals surface area contributed by atoms with Gasteiger partial charge in [-0.2, -0.15) is 0 Å². The summed E-state index contributed by atoms with van der Waals surface area (Å²) in [6.45, 7) is 3.76. The van der Waals surface area contributed by atoms with E-state index in [0.29, 0.717) is 5.69 Å². The molecule has 6 nitrogen and oxygen atoms in total. The number of carbonyl (C=O) groups is 3. The molecule has 0 saturated carbocycles. The Bertz CT molecular complexity index is 826. The van der Waals surface area contributed by atoms with E-state index in [1.165, 1.54) is 4.90 Å². The molecule has 2 aromatic carbocycles. The first kappa shape index (κ1) is 17.0. The number of benzene rings is 2. The first-order valence-corrected chi connectivity index (χ1v) is 8.39. The third-order valence-corrected chi connectivity index (χ3v) is 4.14. The zero-order valence-corrected chi connectivity index (χ0v) is 14.3. The summed E-state index contributed by atoms with van der Waals surface area (Å²) in [6.07, 6.45) is 0.475. The minimum Gasteiger partial charge on any atom is -0.354 e. The lowest BCUT2D eigenvalue weighted by Gasteiger charge is -2.15. The summed E-state index contributed by atoms with van der Waals surface area (Å²) in [5.41, 5.74) is 0.565. The molecule has 130 valence electrons. The lowest BCUT2D eigenvalue weighted by atomic mass is 10.1. The number of anilines is 1. The summed E-state index contributed by atoms with van der Waals surface area (Å²) in [5, 5.41) is 7.26. The molecule has 0 radical (unpaired) electrons. The van der Waals surface area contributed by atoms with Gasteiger partial charge in [0.1, 0.15) is 6.04 Å². The van der Waals surface area contributed by atoms with Gasteiger partial charge in [-0.15, -0.1) is 0 Å². The van der Waals surface area contributed by atoms with Gasteiger partial charge in [0.2, 0.25) is 5.91 Å². The van der Waals surface area contributed by atoms with E-state index in [4.69, 9.17) is 0 Å². The van der Waals surface area contributed by atoms with Crippen LogP contribution in [0.5, 0.6) is 0 Å². The Labute approximate surface area is 146 Å². The van der Waals surface area contributed by atoms with Crippen molar-refractivity contribution in [1.29, 1.82) is 0 Å². The Hall–Kier alpha value is -2.89. The van der Waals surface area contributed by atoms with E-state index < -0.39 is 12.1 Å². The van der Waals surface area contributed by atoms with E-state index in [2.05, 4.69) is 10.6 Å². The minimum absolute atomic E-state index is 0.0496. The average molecular weight is 339 g/mol. The number of amides is 4. The highest BCUT2D eigenvalue weighted by atomic mass is 16.2. The lowest BCUT2D eigenvalue weighted by molar-refractivity contribution is -0.122. The molecule has 0 aliphatic carbocycles. The van der Waals surface area contributed by atoms with Crippen molar-refractivity contribution in [3.8, 4) is 0 Å². The fourth-order valence-corrected chi connectivity index (χ4v) is 3.03. The van der Waals surface area contributed by atoms with E-state index >= 15 is 0 Å². The highest BCUT2D eigenvalue weighted by Gasteiger charge is 2.39. The fraction of sp³-hybridized carbons (Fsp3) is 0.316. The van der Waals surface area contributed by atoms with E-state index in [1.807, 2.05) is 50.2 Å². The van der Waals surface area contributed by atoms with Crippen molar-refractivity contribution in [2.75, 3.05) is 4.90 Å². The van der Waals surface area contributed by atoms with Gasteiger partial charge in [-0.05, 0) is 31.7 Å². The normalized spacial score (nSPS) is 17.2. The second kappa shape index (κ2) is 6.93. The molecule has 1 fully saturated rings. The number of carbonyl (C=O) groups excluding carboxylic acids is 3. The summed E-state index contributed by atoms with van der Waals surface area (Å²) < 4.78 is 0. The standard InChI is InChI=1S/C19H21N3O3/c1-12(2)20-17(23)11-10-15-18(24)22(19(25)21-15)16-9-5-7-13-6-3-4-8-14(13)16/h3-9,12,15H,10-11H2,1-2H3,(H,20,23)(H,21,25)/t15-/m1/s1. The number of hydrogen-bond acceptors (Lipinski definition) is 3. The Balaban J connectivity index is 1.78. The van der Waals surface area contributed by atoms with Crippen molar-refractivity contribution in [2.45, 2.75) is 38.8 Å². The van der Waals surface area contributed by atoms with Crippen molar-refractivity contribution < 1.29 is 14.4 Å². The molecule has 0 bridgehead atoms. The predicted octanol–water partition coefficient (Wildman–Crippen LogP) is 2.57. The summed E-state index contributed by atoms with van der Waals surface area (Å²) in [5.74, 6) is -0.445. The van der Waals surface area contributed by atoms with Gasteiger partial charge in [-0.3, -0.25) is 9.59 Å². The summed E-state index contributed by atoms with van der Waals surface area (Å²) in [7, 11) is 0. The Kier molecular flexibility index (Phi) is 4.70. The quantitative estimate of drug-likeness (QED) is 0.822. The molecule has 1 aliphatic heterocycles. The van der Waals surface area contributed by atoms with Gasteiger partial charge in [0, 0.05) is 17.8 Å². The van der Waals surface area contributed by atoms with Crippen molar-refractivity contribution in [2.24, 2.45) is 0 Å². The van der Waals surface area contributed by atoms with Gasteiger partial charge in [0.25, 0.3) is 5.91 Å². The van der Waals surface area contributed by atoms with E-state index in [1.54, 1.807) is 6.07 Å². The van der Waals surface area contributed by atoms with Gasteiger partial charge in [0.15, 0.2) is 0 Å². The summed E-state index contributed by atoms with van der Waals surface area (Å²) in [6, 6.07) is 12.0. The van der Waals surface area contributed by atoms with E-state index in [0.717, 1.165) is 10.8 Å². The van der Waals surface area contributed by atoms with Gasteiger partial charge in [-0.1, -0.05) is 36.4 Å². The van der Waals surface area contributed by atoms with Crippen LogP contribution in [0.15, 0.2) is 42.5 Å². The molecule has 4 amide bonds. The maximum Gasteiger partial charge on any atom is 0.329 e. The monoisotopic (exact) mass is 339 g/mol. The number of imide groups is 1. The van der Waals surface area contributed by atoms with Crippen molar-refractivity contribution in [3.63, 3.8) is 0 Å². The van der Waals surface area contributed by atoms with Crippen LogP contribution in [-0.2, 0) is 9.59 Å². The zero-order valence-electron chi connectivity index (χ0n) is 14.3. The molecule has 1 heterocycles. The van der Waals surface area contributed by atoms with Crippen LogP contribution in [0.2, 0.25) is 0 Å². The van der Waals surface area contributed by atoms with Crippen LogP contribution in [0, 0.1) is 0 Å². The Morgan fingerprint density at radius 1 is 1.16 bits per heavy atom. The molecule has 0 unspecified atom stereocenters. The largest absolute Gasteiger partial charge is 0.354 e. The van der Waals surface area contributed by atoms with Crippen LogP contribution in [0.3, 0.4) is 0 Å². The maximum atomic E-state index is 12.7. The number of rotatable bonds is 5. The third kappa shape index (κ3) is 3.47. The molecule has 0 aromatic heterocycles. The van der Waals surface area contributed by atoms with Crippen molar-refractivity contribution in [3.05, 3.63) is 42.5 Å². The molecule has 2 N–H and O–H groups in total. The molecular formula is C19H21N3O3. The molecule has 25 heavy (non-hydrogen) atoms. The molecular weight excluding hydrogens is 318 g/mol. The van der Waals surface area contributed by atoms with Crippen LogP contribution >= 0.6 is 0 Å². The SMILES string of the molecule is CC(C)NC(=O)CC[C@H]1NC(=O)N(c2cccc3ccccc23)C1=O. The first-order valence-electron chi connectivity index (χ1n) is 8.39. The summed E-state index contributed by atoms with van der Waals surface area (Å²) in [4.78, 5) is 38.0. The number of fused-ring (bicyclic) bond motifs is 1. The molecule has 3 rings (SSSR count). The van der Waals surface area contributed by atoms with E-state index in [9.17, 15) is 14.4 Å². The second-order valence-corrected chi connectivity index (χ2v) is 6.43. The molecule has 1 aliphatic rings. The number of nitrogens with zero attached hydrogens (tertiary/aromatic N) is 1. The van der Waals surface area contributed by atoms with Crippen molar-refractivity contribution in [1.82, 2.24) is 10.6 Å². The fourth-order valence-electron chi connectivity index (χ4n) is 3.03.